The number of aliphatic hydroxyl groups excluding tert-OH is 1. The number of nitrogens with one attached hydrogen (secondary N) is 1. The average molecular weight is 183 g/mol. The molecule has 2 N–H and O–H groups in total. The first-order chi connectivity index (χ1) is 5.55. The van der Waals surface area contributed by atoms with Gasteiger partial charge in [-0.2, -0.15) is 13.2 Å². The Morgan fingerprint density at radius 3 is 2.50 bits per heavy atom. The van der Waals surface area contributed by atoms with Gasteiger partial charge in [0.1, 0.15) is 0 Å². The molecule has 1 saturated heterocycles. The minimum Gasteiger partial charge on any atom is -0.395 e. The van der Waals surface area contributed by atoms with Gasteiger partial charge in [0.2, 0.25) is 0 Å². The molecule has 1 heterocycles. The summed E-state index contributed by atoms with van der Waals surface area (Å²) in [6.45, 7) is 0.127. The fraction of sp³-hybridized carbons (Fsp3) is 1.00. The van der Waals surface area contributed by atoms with Crippen molar-refractivity contribution in [2.45, 2.75) is 25.1 Å². The molecule has 1 fully saturated rings. The van der Waals surface area contributed by atoms with Crippen LogP contribution < -0.4 is 5.32 Å². The van der Waals surface area contributed by atoms with Crippen LogP contribution in [0.3, 0.4) is 0 Å². The van der Waals surface area contributed by atoms with E-state index in [4.69, 9.17) is 5.11 Å². The normalized spacial score (nSPS) is 32.0. The van der Waals surface area contributed by atoms with Crippen molar-refractivity contribution in [1.82, 2.24) is 5.32 Å². The third-order valence-electron chi connectivity index (χ3n) is 2.20. The highest BCUT2D eigenvalue weighted by molar-refractivity contribution is 4.84. The summed E-state index contributed by atoms with van der Waals surface area (Å²) < 4.78 is 36.7. The Morgan fingerprint density at radius 2 is 2.08 bits per heavy atom. The predicted octanol–water partition coefficient (Wildman–Crippen LogP) is 0.909. The van der Waals surface area contributed by atoms with Gasteiger partial charge in [-0.3, -0.25) is 0 Å². The number of halogens is 3. The first-order valence-corrected chi connectivity index (χ1v) is 3.96. The lowest BCUT2D eigenvalue weighted by Gasteiger charge is -2.32. The van der Waals surface area contributed by atoms with E-state index >= 15 is 0 Å². The number of alkyl halides is 3. The second-order valence-electron chi connectivity index (χ2n) is 3.03. The Bertz CT molecular complexity index is 148. The molecule has 0 aromatic carbocycles. The first-order valence-electron chi connectivity index (χ1n) is 3.96. The second-order valence-corrected chi connectivity index (χ2v) is 3.03. The molecular formula is C7H12F3NO. The van der Waals surface area contributed by atoms with Crippen molar-refractivity contribution in [2.24, 2.45) is 5.92 Å². The molecule has 0 aromatic rings. The fourth-order valence-electron chi connectivity index (χ4n) is 1.54. The number of piperidine rings is 1. The van der Waals surface area contributed by atoms with E-state index < -0.39 is 24.7 Å². The van der Waals surface area contributed by atoms with E-state index in [9.17, 15) is 13.2 Å². The van der Waals surface area contributed by atoms with Gasteiger partial charge in [-0.1, -0.05) is 0 Å². The highest BCUT2D eigenvalue weighted by Gasteiger charge is 2.45. The first kappa shape index (κ1) is 9.80. The minimum atomic E-state index is -4.18. The van der Waals surface area contributed by atoms with Crippen LogP contribution in [0.2, 0.25) is 0 Å². The summed E-state index contributed by atoms with van der Waals surface area (Å²) in [6, 6.07) is -0.807. The summed E-state index contributed by atoms with van der Waals surface area (Å²) in [5, 5.41) is 11.3. The van der Waals surface area contributed by atoms with Crippen LogP contribution in [0.25, 0.3) is 0 Å². The molecule has 2 nitrogen and oxygen atoms in total. The highest BCUT2D eigenvalue weighted by atomic mass is 19.4. The van der Waals surface area contributed by atoms with Gasteiger partial charge in [-0.05, 0) is 19.4 Å². The molecule has 1 aliphatic rings. The monoisotopic (exact) mass is 183 g/mol. The number of rotatable bonds is 1. The van der Waals surface area contributed by atoms with Crippen molar-refractivity contribution in [2.75, 3.05) is 13.2 Å². The molecule has 0 amide bonds. The topological polar surface area (TPSA) is 32.3 Å². The van der Waals surface area contributed by atoms with Crippen LogP contribution in [0.5, 0.6) is 0 Å². The van der Waals surface area contributed by atoms with Crippen molar-refractivity contribution in [3.05, 3.63) is 0 Å². The summed E-state index contributed by atoms with van der Waals surface area (Å²) >= 11 is 0. The molecule has 0 saturated carbocycles. The Labute approximate surface area is 68.8 Å². The maximum absolute atomic E-state index is 12.2. The van der Waals surface area contributed by atoms with Crippen LogP contribution >= 0.6 is 0 Å². The SMILES string of the molecule is OC[C@H]1NCCC[C@H]1C(F)(F)F. The van der Waals surface area contributed by atoms with Gasteiger partial charge in [-0.25, -0.2) is 0 Å². The van der Waals surface area contributed by atoms with Crippen LogP contribution in [0.4, 0.5) is 13.2 Å². The van der Waals surface area contributed by atoms with Gasteiger partial charge in [0.05, 0.1) is 12.5 Å². The zero-order chi connectivity index (χ0) is 9.19. The summed E-state index contributed by atoms with van der Waals surface area (Å²) in [5.74, 6) is -1.38. The zero-order valence-corrected chi connectivity index (χ0v) is 6.56. The molecular weight excluding hydrogens is 171 g/mol. The Hall–Kier alpha value is -0.290. The van der Waals surface area contributed by atoms with Crippen LogP contribution in [0, 0.1) is 5.92 Å². The van der Waals surface area contributed by atoms with Crippen molar-refractivity contribution >= 4 is 0 Å². The third-order valence-corrected chi connectivity index (χ3v) is 2.20. The van der Waals surface area contributed by atoms with E-state index in [1.807, 2.05) is 0 Å². The van der Waals surface area contributed by atoms with Gasteiger partial charge >= 0.3 is 6.18 Å². The Kier molecular flexibility index (Phi) is 2.95. The van der Waals surface area contributed by atoms with E-state index in [1.165, 1.54) is 0 Å². The molecule has 1 rings (SSSR count). The lowest BCUT2D eigenvalue weighted by Crippen LogP contribution is -2.49. The van der Waals surface area contributed by atoms with Crippen molar-refractivity contribution in [1.29, 1.82) is 0 Å². The van der Waals surface area contributed by atoms with E-state index in [0.29, 0.717) is 13.0 Å². The van der Waals surface area contributed by atoms with Gasteiger partial charge in [-0.15, -0.1) is 0 Å². The molecule has 0 spiro atoms. The quantitative estimate of drug-likeness (QED) is 0.633. The van der Waals surface area contributed by atoms with Gasteiger partial charge in [0.25, 0.3) is 0 Å². The van der Waals surface area contributed by atoms with Gasteiger partial charge in [0.15, 0.2) is 0 Å². The van der Waals surface area contributed by atoms with Crippen LogP contribution in [0.15, 0.2) is 0 Å². The molecule has 0 bridgehead atoms. The maximum atomic E-state index is 12.2. The fourth-order valence-corrected chi connectivity index (χ4v) is 1.54. The van der Waals surface area contributed by atoms with E-state index in [-0.39, 0.29) is 6.42 Å². The minimum absolute atomic E-state index is 0.127. The van der Waals surface area contributed by atoms with Crippen LogP contribution in [0.1, 0.15) is 12.8 Å². The number of aliphatic hydroxyl groups is 1. The third kappa shape index (κ3) is 2.10. The molecule has 72 valence electrons. The molecule has 12 heavy (non-hydrogen) atoms. The van der Waals surface area contributed by atoms with Crippen molar-refractivity contribution in [3.8, 4) is 0 Å². The van der Waals surface area contributed by atoms with E-state index in [0.717, 1.165) is 0 Å². The standard InChI is InChI=1S/C7H12F3NO/c8-7(9,10)5-2-1-3-11-6(5)4-12/h5-6,11-12H,1-4H2/t5-,6-/m1/s1. The molecule has 5 heteroatoms. The second kappa shape index (κ2) is 3.62. The van der Waals surface area contributed by atoms with E-state index in [1.54, 1.807) is 0 Å². The Balaban J connectivity index is 2.59. The summed E-state index contributed by atoms with van der Waals surface area (Å²) in [5.41, 5.74) is 0. The average Bonchev–Trinajstić information content (AvgIpc) is 2.03. The van der Waals surface area contributed by atoms with E-state index in [2.05, 4.69) is 5.32 Å². The molecule has 0 unspecified atom stereocenters. The number of hydrogen-bond acceptors (Lipinski definition) is 2. The lowest BCUT2D eigenvalue weighted by molar-refractivity contribution is -0.191. The highest BCUT2D eigenvalue weighted by Crippen LogP contribution is 2.33. The molecule has 1 aliphatic heterocycles. The zero-order valence-electron chi connectivity index (χ0n) is 6.56. The van der Waals surface area contributed by atoms with Crippen LogP contribution in [-0.2, 0) is 0 Å². The summed E-state index contributed by atoms with van der Waals surface area (Å²) in [4.78, 5) is 0. The lowest BCUT2D eigenvalue weighted by atomic mass is 9.91. The van der Waals surface area contributed by atoms with Crippen molar-refractivity contribution < 1.29 is 18.3 Å². The number of hydrogen-bond donors (Lipinski definition) is 2. The molecule has 0 radical (unpaired) electrons. The molecule has 0 aliphatic carbocycles. The van der Waals surface area contributed by atoms with Gasteiger partial charge in [0, 0.05) is 6.04 Å². The van der Waals surface area contributed by atoms with Gasteiger partial charge < -0.3 is 10.4 Å². The largest absolute Gasteiger partial charge is 0.395 e. The molecule has 0 aromatic heterocycles. The van der Waals surface area contributed by atoms with Crippen LogP contribution in [-0.4, -0.2) is 30.5 Å². The Morgan fingerprint density at radius 1 is 1.42 bits per heavy atom. The predicted molar refractivity (Wildman–Crippen MR) is 37.7 cm³/mol. The smallest absolute Gasteiger partial charge is 0.393 e. The summed E-state index contributed by atoms with van der Waals surface area (Å²) in [6.07, 6.45) is -3.52. The summed E-state index contributed by atoms with van der Waals surface area (Å²) in [7, 11) is 0. The van der Waals surface area contributed by atoms with Crippen molar-refractivity contribution in [3.63, 3.8) is 0 Å². The maximum Gasteiger partial charge on any atom is 0.393 e. The molecule has 2 atom stereocenters.